The van der Waals surface area contributed by atoms with Crippen LogP contribution in [0, 0.1) is 0 Å². The molecule has 0 fully saturated rings. The van der Waals surface area contributed by atoms with Crippen LogP contribution in [0.25, 0.3) is 11.1 Å². The van der Waals surface area contributed by atoms with Gasteiger partial charge in [0.15, 0.2) is 0 Å². The van der Waals surface area contributed by atoms with Gasteiger partial charge in [-0.1, -0.05) is 97.1 Å². The van der Waals surface area contributed by atoms with Gasteiger partial charge in [-0.05, 0) is 58.4 Å². The van der Waals surface area contributed by atoms with Crippen LogP contribution in [0.15, 0.2) is 109 Å². The molecule has 0 spiro atoms. The Kier molecular flexibility index (Phi) is 12.6. The maximum Gasteiger partial charge on any atom is 1.00 e. The molecule has 5 nitrogen and oxygen atoms in total. The van der Waals surface area contributed by atoms with Crippen molar-refractivity contribution in [2.75, 3.05) is 12.0 Å². The normalized spacial score (nSPS) is 11.4. The molecule has 0 saturated carbocycles. The fourth-order valence-electron chi connectivity index (χ4n) is 4.57. The number of amides is 1. The molecule has 0 heterocycles. The molecule has 0 aliphatic carbocycles. The van der Waals surface area contributed by atoms with Gasteiger partial charge in [0.25, 0.3) is 5.91 Å². The molecule has 1 atom stereocenters. The van der Waals surface area contributed by atoms with Crippen molar-refractivity contribution in [2.24, 2.45) is 0 Å². The monoisotopic (exact) mass is 544 g/mol. The molecule has 4 aromatic carbocycles. The van der Waals surface area contributed by atoms with E-state index >= 15 is 0 Å². The molecule has 0 aliphatic heterocycles. The van der Waals surface area contributed by atoms with Crippen molar-refractivity contribution >= 4 is 23.6 Å². The molecule has 7 heteroatoms. The summed E-state index contributed by atoms with van der Waals surface area (Å²) in [5, 5.41) is 14.3. The second-order valence-corrected chi connectivity index (χ2v) is 10.5. The Morgan fingerprint density at radius 3 is 1.82 bits per heavy atom. The first-order valence-corrected chi connectivity index (χ1v) is 14.4. The van der Waals surface area contributed by atoms with Gasteiger partial charge in [0, 0.05) is 25.2 Å². The zero-order valence-corrected chi connectivity index (χ0v) is 23.9. The molecule has 1 amide bonds. The van der Waals surface area contributed by atoms with Gasteiger partial charge < -0.3 is 15.2 Å². The number of aliphatic carboxylic acids is 1. The van der Waals surface area contributed by atoms with Crippen molar-refractivity contribution in [3.63, 3.8) is 0 Å². The summed E-state index contributed by atoms with van der Waals surface area (Å²) in [5.41, 5.74) is 5.63. The third kappa shape index (κ3) is 9.14. The molecular weight excluding hydrogens is 511 g/mol. The molecule has 40 heavy (non-hydrogen) atoms. The van der Waals surface area contributed by atoms with Crippen LogP contribution in [0.2, 0.25) is 0 Å². The first-order chi connectivity index (χ1) is 19.0. The van der Waals surface area contributed by atoms with E-state index in [2.05, 4.69) is 58.7 Å². The van der Waals surface area contributed by atoms with Gasteiger partial charge in [0.05, 0.1) is 12.0 Å². The molecule has 200 valence electrons. The number of benzene rings is 4. The standard InChI is InChI=1S/C33H34N2O3S.Li/c1-39-20-19-31(33(37)38)34-32(36)29-18-17-27(21-30(29)28-15-9-4-10-16-28)24-35(22-25-11-5-2-6-12-25)23-26-13-7-3-8-14-26;/h2-18,21,31H,19-20,22-24H2,1H3,(H,34,36)(H,37,38);/q;+1/p-1/t31-;/m0./s1. The van der Waals surface area contributed by atoms with E-state index in [0.717, 1.165) is 29.8 Å². The largest absolute Gasteiger partial charge is 1.00 e. The van der Waals surface area contributed by atoms with E-state index in [9.17, 15) is 14.7 Å². The molecule has 4 rings (SSSR count). The maximum absolute atomic E-state index is 13.3. The number of carboxylic acids is 1. The van der Waals surface area contributed by atoms with E-state index in [1.165, 1.54) is 22.9 Å². The summed E-state index contributed by atoms with van der Waals surface area (Å²) in [6.45, 7) is 2.24. The predicted molar refractivity (Wildman–Crippen MR) is 157 cm³/mol. The Bertz CT molecular complexity index is 1310. The van der Waals surface area contributed by atoms with Crippen LogP contribution in [0.1, 0.15) is 33.5 Å². The molecule has 1 N–H and O–H groups in total. The van der Waals surface area contributed by atoms with Crippen LogP contribution in [-0.4, -0.2) is 34.8 Å². The smallest absolute Gasteiger partial charge is 0.548 e. The van der Waals surface area contributed by atoms with Gasteiger partial charge in [-0.3, -0.25) is 9.69 Å². The molecule has 0 aromatic heterocycles. The first kappa shape index (κ1) is 31.3. The minimum Gasteiger partial charge on any atom is -0.548 e. The van der Waals surface area contributed by atoms with Crippen molar-refractivity contribution in [2.45, 2.75) is 32.1 Å². The summed E-state index contributed by atoms with van der Waals surface area (Å²) < 4.78 is 0. The van der Waals surface area contributed by atoms with Crippen LogP contribution in [0.4, 0.5) is 0 Å². The third-order valence-corrected chi connectivity index (χ3v) is 7.16. The van der Waals surface area contributed by atoms with E-state index in [1.807, 2.05) is 60.9 Å². The van der Waals surface area contributed by atoms with Crippen LogP contribution in [-0.2, 0) is 24.4 Å². The summed E-state index contributed by atoms with van der Waals surface area (Å²) in [6.07, 6.45) is 2.21. The number of thioether (sulfide) groups is 1. The molecule has 0 radical (unpaired) electrons. The SMILES string of the molecule is CSCC[C@H](NC(=O)c1ccc(CN(Cc2ccccc2)Cc2ccccc2)cc1-c1ccccc1)C(=O)[O-].[Li+]. The van der Waals surface area contributed by atoms with E-state index in [0.29, 0.717) is 24.3 Å². The van der Waals surface area contributed by atoms with Crippen molar-refractivity contribution < 1.29 is 33.6 Å². The Balaban J connectivity index is 0.00000441. The van der Waals surface area contributed by atoms with Crippen molar-refractivity contribution in [1.29, 1.82) is 0 Å². The molecule has 0 saturated heterocycles. The first-order valence-electron chi connectivity index (χ1n) is 13.0. The van der Waals surface area contributed by atoms with Crippen LogP contribution in [0.3, 0.4) is 0 Å². The van der Waals surface area contributed by atoms with E-state index in [-0.39, 0.29) is 18.9 Å². The zero-order chi connectivity index (χ0) is 27.5. The third-order valence-electron chi connectivity index (χ3n) is 6.52. The molecule has 0 unspecified atom stereocenters. The van der Waals surface area contributed by atoms with Crippen LogP contribution in [0.5, 0.6) is 0 Å². The van der Waals surface area contributed by atoms with Crippen molar-refractivity contribution in [1.82, 2.24) is 10.2 Å². The summed E-state index contributed by atoms with van der Waals surface area (Å²) >= 11 is 1.53. The summed E-state index contributed by atoms with van der Waals surface area (Å²) in [6, 6.07) is 35.3. The Labute approximate surface area is 253 Å². The van der Waals surface area contributed by atoms with Crippen molar-refractivity contribution in [3.8, 4) is 11.1 Å². The van der Waals surface area contributed by atoms with Gasteiger partial charge in [-0.25, -0.2) is 0 Å². The second-order valence-electron chi connectivity index (χ2n) is 9.49. The van der Waals surface area contributed by atoms with Gasteiger partial charge in [0.2, 0.25) is 0 Å². The number of nitrogens with one attached hydrogen (secondary N) is 1. The predicted octanol–water partition coefficient (Wildman–Crippen LogP) is 2.16. The summed E-state index contributed by atoms with van der Waals surface area (Å²) in [7, 11) is 0. The van der Waals surface area contributed by atoms with Crippen molar-refractivity contribution in [3.05, 3.63) is 131 Å². The van der Waals surface area contributed by atoms with E-state index in [4.69, 9.17) is 0 Å². The summed E-state index contributed by atoms with van der Waals surface area (Å²) in [5.74, 6) is -1.07. The fourth-order valence-corrected chi connectivity index (χ4v) is 5.05. The van der Waals surface area contributed by atoms with Gasteiger partial charge >= 0.3 is 18.9 Å². The molecule has 0 aliphatic rings. The number of rotatable bonds is 13. The Hall–Kier alpha value is -3.27. The fraction of sp³-hybridized carbons (Fsp3) is 0.212. The number of nitrogens with zero attached hydrogens (tertiary/aromatic N) is 1. The summed E-state index contributed by atoms with van der Waals surface area (Å²) in [4.78, 5) is 27.4. The van der Waals surface area contributed by atoms with E-state index < -0.39 is 17.9 Å². The topological polar surface area (TPSA) is 72.5 Å². The number of hydrogen-bond donors (Lipinski definition) is 1. The number of carboxylic acid groups (broad SMARTS) is 1. The number of carbonyl (C=O) groups is 2. The second kappa shape index (κ2) is 16.1. The number of carbonyl (C=O) groups excluding carboxylic acids is 2. The average Bonchev–Trinajstić information content (AvgIpc) is 2.96. The van der Waals surface area contributed by atoms with Gasteiger partial charge in [0.1, 0.15) is 0 Å². The van der Waals surface area contributed by atoms with Gasteiger partial charge in [-0.15, -0.1) is 0 Å². The minimum absolute atomic E-state index is 0. The molecule has 4 aromatic rings. The van der Waals surface area contributed by atoms with E-state index in [1.54, 1.807) is 6.07 Å². The number of hydrogen-bond acceptors (Lipinski definition) is 5. The van der Waals surface area contributed by atoms with Crippen LogP contribution < -0.4 is 29.3 Å². The Morgan fingerprint density at radius 2 is 1.30 bits per heavy atom. The molecular formula is C33H33LiN2O3S. The minimum atomic E-state index is -1.27. The zero-order valence-electron chi connectivity index (χ0n) is 23.1. The average molecular weight is 545 g/mol. The van der Waals surface area contributed by atoms with Gasteiger partial charge in [-0.2, -0.15) is 11.8 Å². The maximum atomic E-state index is 13.3. The Morgan fingerprint density at radius 1 is 0.775 bits per heavy atom. The quantitative estimate of drug-likeness (QED) is 0.261. The molecule has 0 bridgehead atoms. The van der Waals surface area contributed by atoms with Crippen LogP contribution >= 0.6 is 11.8 Å².